The molecule has 4 aromatic rings. The first-order chi connectivity index (χ1) is 17.6. The molecule has 37 heavy (non-hydrogen) atoms. The molecule has 3 aromatic carbocycles. The largest absolute Gasteiger partial charge is 0.508 e. The van der Waals surface area contributed by atoms with E-state index in [0.717, 1.165) is 55.3 Å². The van der Waals surface area contributed by atoms with Crippen LogP contribution in [0.5, 0.6) is 17.5 Å². The Hall–Kier alpha value is -3.81. The van der Waals surface area contributed by atoms with Crippen LogP contribution in [0.25, 0.3) is 11.3 Å². The Bertz CT molecular complexity index is 1250. The van der Waals surface area contributed by atoms with Crippen molar-refractivity contribution in [1.82, 2.24) is 15.3 Å². The first-order valence-corrected chi connectivity index (χ1v) is 12.0. The number of hydrogen-bond acceptors (Lipinski definition) is 7. The molecule has 194 valence electrons. The molecule has 0 bridgehead atoms. The number of aromatic hydroxyl groups is 1. The van der Waals surface area contributed by atoms with Crippen LogP contribution in [0.2, 0.25) is 0 Å². The van der Waals surface area contributed by atoms with Gasteiger partial charge in [-0.3, -0.25) is 0 Å². The third-order valence-corrected chi connectivity index (χ3v) is 5.85. The molecule has 0 fully saturated rings. The zero-order valence-electron chi connectivity index (χ0n) is 21.1. The molecule has 4 rings (SSSR count). The van der Waals surface area contributed by atoms with Crippen molar-refractivity contribution in [1.29, 1.82) is 0 Å². The predicted octanol–water partition coefficient (Wildman–Crippen LogP) is 5.28. The molecule has 0 atom stereocenters. The van der Waals surface area contributed by atoms with Crippen molar-refractivity contribution in [2.75, 3.05) is 32.6 Å². The van der Waals surface area contributed by atoms with E-state index in [1.165, 1.54) is 16.7 Å². The standard InChI is InChI=1S/C29H32N4O3.ClH/c1-35-26-12-8-22(9-13-26)15-17-31-28-19-27(32-29(33-28)36-2)24-5-3-4-23(18-24)20-30-16-14-21-6-10-25(34)11-7-21;/h3-13,18-19,30,34H,14-17,20H2,1-2H3,(H,31,32,33);1H. The average molecular weight is 521 g/mol. The van der Waals surface area contributed by atoms with Gasteiger partial charge < -0.3 is 25.2 Å². The average Bonchev–Trinajstić information content (AvgIpc) is 2.92. The van der Waals surface area contributed by atoms with Crippen LogP contribution in [-0.2, 0) is 19.4 Å². The van der Waals surface area contributed by atoms with Crippen LogP contribution in [0.3, 0.4) is 0 Å². The number of methoxy groups -OCH3 is 2. The van der Waals surface area contributed by atoms with Crippen LogP contribution in [0.4, 0.5) is 5.82 Å². The maximum atomic E-state index is 9.41. The van der Waals surface area contributed by atoms with Crippen molar-refractivity contribution < 1.29 is 14.6 Å². The molecule has 0 aliphatic heterocycles. The van der Waals surface area contributed by atoms with Gasteiger partial charge in [0.25, 0.3) is 0 Å². The van der Waals surface area contributed by atoms with E-state index < -0.39 is 0 Å². The number of nitrogens with zero attached hydrogens (tertiary/aromatic N) is 2. The number of ether oxygens (including phenoxy) is 2. The van der Waals surface area contributed by atoms with Crippen LogP contribution in [0.1, 0.15) is 16.7 Å². The fraction of sp³-hybridized carbons (Fsp3) is 0.241. The van der Waals surface area contributed by atoms with Crippen molar-refractivity contribution in [2.24, 2.45) is 0 Å². The van der Waals surface area contributed by atoms with Gasteiger partial charge in [0, 0.05) is 24.7 Å². The normalized spacial score (nSPS) is 10.4. The summed E-state index contributed by atoms with van der Waals surface area (Å²) >= 11 is 0. The molecule has 8 heteroatoms. The minimum atomic E-state index is 0. The molecule has 0 aliphatic carbocycles. The Morgan fingerprint density at radius 2 is 1.46 bits per heavy atom. The lowest BCUT2D eigenvalue weighted by molar-refractivity contribution is 0.381. The fourth-order valence-corrected chi connectivity index (χ4v) is 3.85. The van der Waals surface area contributed by atoms with E-state index in [0.29, 0.717) is 11.8 Å². The maximum absolute atomic E-state index is 9.41. The van der Waals surface area contributed by atoms with E-state index in [4.69, 9.17) is 9.47 Å². The van der Waals surface area contributed by atoms with Gasteiger partial charge >= 0.3 is 6.01 Å². The summed E-state index contributed by atoms with van der Waals surface area (Å²) in [5.74, 6) is 1.87. The van der Waals surface area contributed by atoms with Gasteiger partial charge in [0.15, 0.2) is 0 Å². The molecular formula is C29H33ClN4O3. The fourth-order valence-electron chi connectivity index (χ4n) is 3.85. The van der Waals surface area contributed by atoms with Crippen molar-refractivity contribution >= 4 is 18.2 Å². The lowest BCUT2D eigenvalue weighted by Gasteiger charge is -2.11. The van der Waals surface area contributed by atoms with Crippen LogP contribution < -0.4 is 20.1 Å². The highest BCUT2D eigenvalue weighted by molar-refractivity contribution is 5.85. The van der Waals surface area contributed by atoms with Crippen LogP contribution in [-0.4, -0.2) is 42.4 Å². The van der Waals surface area contributed by atoms with E-state index in [2.05, 4.69) is 44.9 Å². The molecule has 0 spiro atoms. The summed E-state index contributed by atoms with van der Waals surface area (Å²) in [5.41, 5.74) is 5.39. The quantitative estimate of drug-likeness (QED) is 0.219. The van der Waals surface area contributed by atoms with Gasteiger partial charge in [-0.2, -0.15) is 9.97 Å². The van der Waals surface area contributed by atoms with Gasteiger partial charge in [0.1, 0.15) is 17.3 Å². The van der Waals surface area contributed by atoms with Crippen molar-refractivity contribution in [3.63, 3.8) is 0 Å². The summed E-state index contributed by atoms with van der Waals surface area (Å²) in [6, 6.07) is 26.0. The van der Waals surface area contributed by atoms with Crippen LogP contribution >= 0.6 is 12.4 Å². The number of hydrogen-bond donors (Lipinski definition) is 3. The predicted molar refractivity (Wildman–Crippen MR) is 150 cm³/mol. The Morgan fingerprint density at radius 3 is 2.16 bits per heavy atom. The number of anilines is 1. The summed E-state index contributed by atoms with van der Waals surface area (Å²) in [4.78, 5) is 9.02. The zero-order valence-corrected chi connectivity index (χ0v) is 21.9. The first-order valence-electron chi connectivity index (χ1n) is 12.0. The van der Waals surface area contributed by atoms with E-state index in [1.807, 2.05) is 42.5 Å². The number of benzene rings is 3. The number of rotatable bonds is 12. The molecule has 0 unspecified atom stereocenters. The Balaban J connectivity index is 0.00000380. The monoisotopic (exact) mass is 520 g/mol. The lowest BCUT2D eigenvalue weighted by Crippen LogP contribution is -2.16. The highest BCUT2D eigenvalue weighted by atomic mass is 35.5. The molecule has 7 nitrogen and oxygen atoms in total. The molecule has 0 radical (unpaired) electrons. The van der Waals surface area contributed by atoms with Crippen molar-refractivity contribution in [3.8, 4) is 28.8 Å². The number of phenolic OH excluding ortho intramolecular Hbond substituents is 1. The van der Waals surface area contributed by atoms with Crippen LogP contribution in [0, 0.1) is 0 Å². The zero-order chi connectivity index (χ0) is 25.2. The van der Waals surface area contributed by atoms with Gasteiger partial charge in [-0.1, -0.05) is 42.5 Å². The summed E-state index contributed by atoms with van der Waals surface area (Å²) in [6.45, 7) is 2.33. The van der Waals surface area contributed by atoms with E-state index in [1.54, 1.807) is 26.4 Å². The van der Waals surface area contributed by atoms with Gasteiger partial charge in [0.05, 0.1) is 19.9 Å². The number of nitrogens with one attached hydrogen (secondary N) is 2. The second-order valence-electron chi connectivity index (χ2n) is 8.44. The smallest absolute Gasteiger partial charge is 0.318 e. The van der Waals surface area contributed by atoms with Gasteiger partial charge in [-0.25, -0.2) is 0 Å². The second-order valence-corrected chi connectivity index (χ2v) is 8.44. The summed E-state index contributed by atoms with van der Waals surface area (Å²) in [5, 5.41) is 16.3. The van der Waals surface area contributed by atoms with Crippen molar-refractivity contribution in [3.05, 3.63) is 95.6 Å². The molecule has 0 aliphatic rings. The summed E-state index contributed by atoms with van der Waals surface area (Å²) in [6.07, 6.45) is 1.76. The Labute approximate surface area is 224 Å². The minimum absolute atomic E-state index is 0. The molecule has 0 amide bonds. The lowest BCUT2D eigenvalue weighted by atomic mass is 10.1. The van der Waals surface area contributed by atoms with Crippen LogP contribution in [0.15, 0.2) is 78.9 Å². The van der Waals surface area contributed by atoms with Gasteiger partial charge in [0.2, 0.25) is 0 Å². The van der Waals surface area contributed by atoms with Gasteiger partial charge in [-0.15, -0.1) is 12.4 Å². The number of aromatic nitrogens is 2. The molecule has 0 saturated heterocycles. The maximum Gasteiger partial charge on any atom is 0.318 e. The third-order valence-electron chi connectivity index (χ3n) is 5.85. The second kappa shape index (κ2) is 14.1. The molecular weight excluding hydrogens is 488 g/mol. The minimum Gasteiger partial charge on any atom is -0.508 e. The van der Waals surface area contributed by atoms with E-state index in [9.17, 15) is 5.11 Å². The molecule has 1 aromatic heterocycles. The topological polar surface area (TPSA) is 88.5 Å². The number of halogens is 1. The summed E-state index contributed by atoms with van der Waals surface area (Å²) in [7, 11) is 3.25. The Morgan fingerprint density at radius 1 is 0.757 bits per heavy atom. The van der Waals surface area contributed by atoms with Gasteiger partial charge in [-0.05, 0) is 66.4 Å². The number of phenols is 1. The molecule has 3 N–H and O–H groups in total. The third kappa shape index (κ3) is 8.37. The molecule has 0 saturated carbocycles. The first kappa shape index (κ1) is 27.8. The highest BCUT2D eigenvalue weighted by Gasteiger charge is 2.08. The van der Waals surface area contributed by atoms with Crippen molar-refractivity contribution in [2.45, 2.75) is 19.4 Å². The highest BCUT2D eigenvalue weighted by Crippen LogP contribution is 2.23. The summed E-state index contributed by atoms with van der Waals surface area (Å²) < 4.78 is 10.6. The molecule has 1 heterocycles. The van der Waals surface area contributed by atoms with E-state index in [-0.39, 0.29) is 12.4 Å². The van der Waals surface area contributed by atoms with E-state index >= 15 is 0 Å². The SMILES string of the molecule is COc1ccc(CCNc2cc(-c3cccc(CNCCc4ccc(O)cc4)c3)nc(OC)n2)cc1.Cl. The Kier molecular flexibility index (Phi) is 10.6.